The zero-order valence-corrected chi connectivity index (χ0v) is 16.6. The Balaban J connectivity index is 1.65. The van der Waals surface area contributed by atoms with Crippen LogP contribution in [-0.2, 0) is 5.54 Å². The first-order chi connectivity index (χ1) is 14.0. The summed E-state index contributed by atoms with van der Waals surface area (Å²) in [4.78, 5) is 21.4. The van der Waals surface area contributed by atoms with E-state index in [9.17, 15) is 9.18 Å². The van der Waals surface area contributed by atoms with Crippen molar-refractivity contribution in [3.63, 3.8) is 0 Å². The van der Waals surface area contributed by atoms with Gasteiger partial charge in [0.15, 0.2) is 5.17 Å². The maximum atomic E-state index is 14.6. The van der Waals surface area contributed by atoms with Gasteiger partial charge < -0.3 is 15.6 Å². The van der Waals surface area contributed by atoms with Crippen molar-refractivity contribution in [1.29, 1.82) is 0 Å². The maximum absolute atomic E-state index is 14.6. The number of para-hydroxylation sites is 1. The Morgan fingerprint density at radius 2 is 2.14 bits per heavy atom. The minimum atomic E-state index is -0.755. The quantitative estimate of drug-likeness (QED) is 0.684. The van der Waals surface area contributed by atoms with Gasteiger partial charge in [0, 0.05) is 29.4 Å². The molecule has 3 N–H and O–H groups in total. The molecule has 0 aliphatic carbocycles. The number of nitrogens with zero attached hydrogens (tertiary/aromatic N) is 3. The van der Waals surface area contributed by atoms with Crippen molar-refractivity contribution in [2.45, 2.75) is 18.9 Å². The van der Waals surface area contributed by atoms with Gasteiger partial charge in [0.05, 0.1) is 23.1 Å². The fourth-order valence-electron chi connectivity index (χ4n) is 3.39. The van der Waals surface area contributed by atoms with E-state index in [1.807, 2.05) is 19.1 Å². The number of halogens is 1. The van der Waals surface area contributed by atoms with Crippen LogP contribution < -0.4 is 11.1 Å². The molecule has 1 unspecified atom stereocenters. The first-order valence-corrected chi connectivity index (χ1v) is 10.1. The molecule has 8 heteroatoms. The number of rotatable bonds is 4. The molecule has 0 fully saturated rings. The topological polar surface area (TPSA) is 85.3 Å². The van der Waals surface area contributed by atoms with Gasteiger partial charge >= 0.3 is 0 Å². The average Bonchev–Trinajstić information content (AvgIpc) is 3.24. The first-order valence-electron chi connectivity index (χ1n) is 9.13. The molecule has 1 aromatic heterocycles. The van der Waals surface area contributed by atoms with Crippen LogP contribution in [0.2, 0.25) is 0 Å². The standard InChI is InChI=1S/C21H20FN5OS/c1-21(8-11-29-20(23)26-21)16-12-14(6-7-17(16)22)25-19(28)15-4-2-3-5-18(15)27-10-9-24-13-27/h2-7,9-10,12-13H,8,11H2,1H3,(H2,23,26)(H,25,28). The van der Waals surface area contributed by atoms with Gasteiger partial charge in [-0.2, -0.15) is 0 Å². The zero-order chi connectivity index (χ0) is 20.4. The van der Waals surface area contributed by atoms with Crippen LogP contribution in [0.15, 0.2) is 66.2 Å². The summed E-state index contributed by atoms with van der Waals surface area (Å²) in [5.41, 5.74) is 7.22. The van der Waals surface area contributed by atoms with Crippen LogP contribution in [0, 0.1) is 5.82 Å². The second-order valence-electron chi connectivity index (χ2n) is 6.96. The Morgan fingerprint density at radius 3 is 2.90 bits per heavy atom. The maximum Gasteiger partial charge on any atom is 0.257 e. The molecule has 0 radical (unpaired) electrons. The number of nitrogens with one attached hydrogen (secondary N) is 1. The molecule has 3 aromatic rings. The van der Waals surface area contributed by atoms with Crippen LogP contribution in [0.3, 0.4) is 0 Å². The average molecular weight is 409 g/mol. The molecule has 0 bridgehead atoms. The highest BCUT2D eigenvalue weighted by Gasteiger charge is 2.32. The van der Waals surface area contributed by atoms with Crippen molar-refractivity contribution >= 4 is 28.5 Å². The fraction of sp³-hybridized carbons (Fsp3) is 0.190. The molecule has 1 atom stereocenters. The number of aliphatic imine (C=N–C) groups is 1. The Bertz CT molecular complexity index is 1080. The number of imidazole rings is 1. The minimum Gasteiger partial charge on any atom is -0.379 e. The van der Waals surface area contributed by atoms with Gasteiger partial charge in [0.25, 0.3) is 5.91 Å². The Kier molecular flexibility index (Phi) is 5.10. The molecular formula is C21H20FN5OS. The van der Waals surface area contributed by atoms with Crippen molar-refractivity contribution in [3.8, 4) is 5.69 Å². The van der Waals surface area contributed by atoms with E-state index in [4.69, 9.17) is 5.73 Å². The monoisotopic (exact) mass is 409 g/mol. The van der Waals surface area contributed by atoms with Crippen molar-refractivity contribution in [3.05, 3.63) is 78.1 Å². The molecular weight excluding hydrogens is 389 g/mol. The molecule has 0 spiro atoms. The number of hydrogen-bond donors (Lipinski definition) is 2. The molecule has 4 rings (SSSR count). The molecule has 6 nitrogen and oxygen atoms in total. The summed E-state index contributed by atoms with van der Waals surface area (Å²) in [6.45, 7) is 1.86. The SMILES string of the molecule is CC1(c2cc(NC(=O)c3ccccc3-n3ccnc3)ccc2F)CCSC(N)=N1. The molecule has 1 aliphatic heterocycles. The smallest absolute Gasteiger partial charge is 0.257 e. The number of benzene rings is 2. The predicted octanol–water partition coefficient (Wildman–Crippen LogP) is 3.93. The number of amidine groups is 1. The number of carbonyl (C=O) groups is 1. The third kappa shape index (κ3) is 3.88. The van der Waals surface area contributed by atoms with Crippen molar-refractivity contribution in [1.82, 2.24) is 9.55 Å². The molecule has 1 aliphatic rings. The number of amides is 1. The molecule has 0 saturated carbocycles. The van der Waals surface area contributed by atoms with Crippen molar-refractivity contribution in [2.24, 2.45) is 10.7 Å². The highest BCUT2D eigenvalue weighted by atomic mass is 32.2. The first kappa shape index (κ1) is 19.2. The van der Waals surface area contributed by atoms with Crippen LogP contribution in [0.5, 0.6) is 0 Å². The van der Waals surface area contributed by atoms with Gasteiger partial charge in [-0.3, -0.25) is 9.79 Å². The summed E-state index contributed by atoms with van der Waals surface area (Å²) < 4.78 is 16.4. The van der Waals surface area contributed by atoms with Crippen molar-refractivity contribution in [2.75, 3.05) is 11.1 Å². The highest BCUT2D eigenvalue weighted by Crippen LogP contribution is 2.37. The molecule has 0 saturated heterocycles. The molecule has 148 valence electrons. The minimum absolute atomic E-state index is 0.292. The lowest BCUT2D eigenvalue weighted by Crippen LogP contribution is -2.29. The van der Waals surface area contributed by atoms with E-state index >= 15 is 0 Å². The summed E-state index contributed by atoms with van der Waals surface area (Å²) in [7, 11) is 0. The lowest BCUT2D eigenvalue weighted by molar-refractivity contribution is 0.102. The van der Waals surface area contributed by atoms with Crippen LogP contribution in [0.4, 0.5) is 10.1 Å². The van der Waals surface area contributed by atoms with E-state index in [0.29, 0.717) is 34.1 Å². The summed E-state index contributed by atoms with van der Waals surface area (Å²) in [6, 6.07) is 11.8. The Morgan fingerprint density at radius 1 is 1.31 bits per heavy atom. The van der Waals surface area contributed by atoms with E-state index in [1.165, 1.54) is 17.8 Å². The fourth-order valence-corrected chi connectivity index (χ4v) is 4.36. The Labute approximate surface area is 172 Å². The van der Waals surface area contributed by atoms with Crippen molar-refractivity contribution < 1.29 is 9.18 Å². The number of nitrogens with two attached hydrogens (primary N) is 1. The molecule has 2 aromatic carbocycles. The van der Waals surface area contributed by atoms with Gasteiger partial charge in [0.2, 0.25) is 0 Å². The Hall–Kier alpha value is -3.13. The van der Waals surface area contributed by atoms with E-state index in [2.05, 4.69) is 15.3 Å². The summed E-state index contributed by atoms with van der Waals surface area (Å²) in [6.07, 6.45) is 5.71. The third-order valence-corrected chi connectivity index (χ3v) is 5.73. The summed E-state index contributed by atoms with van der Waals surface area (Å²) in [5.74, 6) is 0.104. The lowest BCUT2D eigenvalue weighted by atomic mass is 9.89. The normalized spacial score (nSPS) is 18.9. The number of anilines is 1. The van der Waals surface area contributed by atoms with Crippen LogP contribution in [-0.4, -0.2) is 26.4 Å². The van der Waals surface area contributed by atoms with Crippen LogP contribution in [0.1, 0.15) is 29.3 Å². The van der Waals surface area contributed by atoms with Gasteiger partial charge in [-0.15, -0.1) is 0 Å². The lowest BCUT2D eigenvalue weighted by Gasteiger charge is -2.30. The number of carbonyl (C=O) groups excluding carboxylic acids is 1. The zero-order valence-electron chi connectivity index (χ0n) is 15.8. The largest absolute Gasteiger partial charge is 0.379 e. The van der Waals surface area contributed by atoms with E-state index in [1.54, 1.807) is 47.6 Å². The summed E-state index contributed by atoms with van der Waals surface area (Å²) in [5, 5.41) is 3.32. The number of aromatic nitrogens is 2. The van der Waals surface area contributed by atoms with E-state index in [0.717, 1.165) is 5.75 Å². The van der Waals surface area contributed by atoms with Crippen LogP contribution in [0.25, 0.3) is 5.69 Å². The van der Waals surface area contributed by atoms with Gasteiger partial charge in [-0.05, 0) is 43.7 Å². The predicted molar refractivity (Wildman–Crippen MR) is 114 cm³/mol. The van der Waals surface area contributed by atoms with Gasteiger partial charge in [0.1, 0.15) is 5.82 Å². The molecule has 29 heavy (non-hydrogen) atoms. The number of thioether (sulfide) groups is 1. The van der Waals surface area contributed by atoms with Crippen LogP contribution >= 0.6 is 11.8 Å². The second-order valence-corrected chi connectivity index (χ2v) is 8.07. The highest BCUT2D eigenvalue weighted by molar-refractivity contribution is 8.13. The molecule has 2 heterocycles. The van der Waals surface area contributed by atoms with E-state index < -0.39 is 5.54 Å². The van der Waals surface area contributed by atoms with Gasteiger partial charge in [-0.1, -0.05) is 23.9 Å². The van der Waals surface area contributed by atoms with E-state index in [-0.39, 0.29) is 11.7 Å². The second kappa shape index (κ2) is 7.71. The summed E-state index contributed by atoms with van der Waals surface area (Å²) >= 11 is 1.46. The molecule has 1 amide bonds. The third-order valence-electron chi connectivity index (χ3n) is 4.93. The number of hydrogen-bond acceptors (Lipinski definition) is 5. The van der Waals surface area contributed by atoms with Gasteiger partial charge in [-0.25, -0.2) is 9.37 Å².